The lowest BCUT2D eigenvalue weighted by Gasteiger charge is -2.15. The molecule has 24 heavy (non-hydrogen) atoms. The van der Waals surface area contributed by atoms with Gasteiger partial charge in [-0.1, -0.05) is 29.8 Å². The third-order valence-electron chi connectivity index (χ3n) is 4.50. The highest BCUT2D eigenvalue weighted by Crippen LogP contribution is 2.29. The Morgan fingerprint density at radius 3 is 2.83 bits per heavy atom. The second kappa shape index (κ2) is 6.53. The van der Waals surface area contributed by atoms with Crippen molar-refractivity contribution in [1.82, 2.24) is 20.1 Å². The average Bonchev–Trinajstić information content (AvgIpc) is 3.27. The molecule has 1 aliphatic heterocycles. The van der Waals surface area contributed by atoms with Crippen molar-refractivity contribution in [2.45, 2.75) is 25.8 Å². The highest BCUT2D eigenvalue weighted by atomic mass is 16.4. The van der Waals surface area contributed by atoms with E-state index < -0.39 is 0 Å². The third kappa shape index (κ3) is 3.21. The Labute approximate surface area is 141 Å². The highest BCUT2D eigenvalue weighted by molar-refractivity contribution is 5.50. The molecule has 3 aromatic rings. The van der Waals surface area contributed by atoms with E-state index in [1.807, 2.05) is 12.1 Å². The molecule has 0 aliphatic carbocycles. The van der Waals surface area contributed by atoms with Crippen LogP contribution in [-0.4, -0.2) is 33.2 Å². The molecule has 1 saturated heterocycles. The first-order chi connectivity index (χ1) is 11.8. The quantitative estimate of drug-likeness (QED) is 0.737. The molecule has 4 rings (SSSR count). The minimum atomic E-state index is 0.313. The van der Waals surface area contributed by atoms with Gasteiger partial charge in [0.2, 0.25) is 11.8 Å². The fourth-order valence-corrected chi connectivity index (χ4v) is 3.13. The van der Waals surface area contributed by atoms with Crippen molar-refractivity contribution in [3.63, 3.8) is 0 Å². The average molecular weight is 320 g/mol. The maximum Gasteiger partial charge on any atom is 0.249 e. The van der Waals surface area contributed by atoms with Gasteiger partial charge in [0.15, 0.2) is 0 Å². The summed E-state index contributed by atoms with van der Waals surface area (Å²) in [6.45, 7) is 5.11. The molecule has 1 fully saturated rings. The van der Waals surface area contributed by atoms with Crippen LogP contribution in [0.2, 0.25) is 0 Å². The summed E-state index contributed by atoms with van der Waals surface area (Å²) in [7, 11) is 0. The van der Waals surface area contributed by atoms with Gasteiger partial charge >= 0.3 is 0 Å². The Morgan fingerprint density at radius 1 is 1.17 bits per heavy atom. The van der Waals surface area contributed by atoms with Crippen LogP contribution in [0.5, 0.6) is 0 Å². The first kappa shape index (κ1) is 15.0. The number of nitrogens with zero attached hydrogens (tertiary/aromatic N) is 4. The molecule has 0 bridgehead atoms. The van der Waals surface area contributed by atoms with Crippen LogP contribution in [0.1, 0.15) is 29.4 Å². The van der Waals surface area contributed by atoms with Gasteiger partial charge in [0.1, 0.15) is 0 Å². The monoisotopic (exact) mass is 320 g/mol. The summed E-state index contributed by atoms with van der Waals surface area (Å²) >= 11 is 0. The van der Waals surface area contributed by atoms with Crippen LogP contribution in [0.3, 0.4) is 0 Å². The van der Waals surface area contributed by atoms with Gasteiger partial charge in [0, 0.05) is 25.5 Å². The topological polar surface area (TPSA) is 55.1 Å². The van der Waals surface area contributed by atoms with Gasteiger partial charge in [-0.2, -0.15) is 0 Å². The summed E-state index contributed by atoms with van der Waals surface area (Å²) in [5, 5.41) is 8.43. The Bertz CT molecular complexity index is 798. The summed E-state index contributed by atoms with van der Waals surface area (Å²) in [6.07, 6.45) is 4.54. The van der Waals surface area contributed by atoms with Crippen LogP contribution in [0, 0.1) is 6.92 Å². The summed E-state index contributed by atoms with van der Waals surface area (Å²) in [5.41, 5.74) is 3.51. The van der Waals surface area contributed by atoms with Gasteiger partial charge in [0.05, 0.1) is 11.5 Å². The molecule has 0 radical (unpaired) electrons. The predicted molar refractivity (Wildman–Crippen MR) is 91.3 cm³/mol. The maximum atomic E-state index is 5.88. The molecule has 122 valence electrons. The third-order valence-corrected chi connectivity index (χ3v) is 4.50. The van der Waals surface area contributed by atoms with Gasteiger partial charge < -0.3 is 4.42 Å². The predicted octanol–water partition coefficient (Wildman–Crippen LogP) is 3.43. The van der Waals surface area contributed by atoms with Crippen molar-refractivity contribution in [3.8, 4) is 11.5 Å². The van der Waals surface area contributed by atoms with Crippen molar-refractivity contribution in [1.29, 1.82) is 0 Å². The molecular weight excluding hydrogens is 300 g/mol. The standard InChI is InChI=1S/C19H20N4O/c1-14-4-6-15(7-5-14)12-23-10-8-17(13-23)19-22-21-18(24-19)16-3-2-9-20-11-16/h2-7,9,11,17H,8,10,12-13H2,1H3. The molecule has 1 atom stereocenters. The van der Waals surface area contributed by atoms with Crippen molar-refractivity contribution >= 4 is 0 Å². The van der Waals surface area contributed by atoms with Crippen LogP contribution in [0.15, 0.2) is 53.2 Å². The van der Waals surface area contributed by atoms with Gasteiger partial charge in [-0.25, -0.2) is 0 Å². The number of hydrogen-bond donors (Lipinski definition) is 0. The minimum Gasteiger partial charge on any atom is -0.420 e. The van der Waals surface area contributed by atoms with Crippen LogP contribution in [-0.2, 0) is 6.54 Å². The van der Waals surface area contributed by atoms with Gasteiger partial charge in [-0.05, 0) is 37.6 Å². The minimum absolute atomic E-state index is 0.313. The molecule has 1 aliphatic rings. The number of hydrogen-bond acceptors (Lipinski definition) is 5. The van der Waals surface area contributed by atoms with Crippen LogP contribution < -0.4 is 0 Å². The lowest BCUT2D eigenvalue weighted by Crippen LogP contribution is -2.19. The van der Waals surface area contributed by atoms with E-state index in [1.54, 1.807) is 12.4 Å². The fraction of sp³-hybridized carbons (Fsp3) is 0.316. The summed E-state index contributed by atoms with van der Waals surface area (Å²) < 4.78 is 5.88. The van der Waals surface area contributed by atoms with Crippen molar-refractivity contribution < 1.29 is 4.42 Å². The fourth-order valence-electron chi connectivity index (χ4n) is 3.13. The molecule has 1 aromatic carbocycles. The Morgan fingerprint density at radius 2 is 2.04 bits per heavy atom. The Hall–Kier alpha value is -2.53. The molecule has 0 saturated carbocycles. The van der Waals surface area contributed by atoms with E-state index in [0.29, 0.717) is 11.8 Å². The normalized spacial score (nSPS) is 18.1. The molecule has 5 nitrogen and oxygen atoms in total. The number of likely N-dealkylation sites (tertiary alicyclic amines) is 1. The van der Waals surface area contributed by atoms with E-state index in [-0.39, 0.29) is 0 Å². The van der Waals surface area contributed by atoms with Crippen LogP contribution in [0.4, 0.5) is 0 Å². The van der Waals surface area contributed by atoms with Gasteiger partial charge in [-0.3, -0.25) is 9.88 Å². The summed E-state index contributed by atoms with van der Waals surface area (Å²) in [5.74, 6) is 1.60. The number of benzene rings is 1. The second-order valence-corrected chi connectivity index (χ2v) is 6.39. The molecule has 0 spiro atoms. The number of aromatic nitrogens is 3. The molecule has 1 unspecified atom stereocenters. The first-order valence-corrected chi connectivity index (χ1v) is 8.29. The van der Waals surface area contributed by atoms with E-state index in [1.165, 1.54) is 11.1 Å². The summed E-state index contributed by atoms with van der Waals surface area (Å²) in [4.78, 5) is 6.54. The molecule has 3 heterocycles. The van der Waals surface area contributed by atoms with Crippen LogP contribution >= 0.6 is 0 Å². The van der Waals surface area contributed by atoms with Gasteiger partial charge in [0.25, 0.3) is 0 Å². The van der Waals surface area contributed by atoms with Crippen LogP contribution in [0.25, 0.3) is 11.5 Å². The van der Waals surface area contributed by atoms with Crippen molar-refractivity contribution in [2.75, 3.05) is 13.1 Å². The zero-order chi connectivity index (χ0) is 16.4. The van der Waals surface area contributed by atoms with Crippen molar-refractivity contribution in [2.24, 2.45) is 0 Å². The van der Waals surface area contributed by atoms with E-state index in [9.17, 15) is 0 Å². The number of rotatable bonds is 4. The zero-order valence-electron chi connectivity index (χ0n) is 13.7. The Kier molecular flexibility index (Phi) is 4.09. The SMILES string of the molecule is Cc1ccc(CN2CCC(c3nnc(-c4cccnc4)o3)C2)cc1. The Balaban J connectivity index is 1.42. The molecule has 0 amide bonds. The molecule has 2 aromatic heterocycles. The second-order valence-electron chi connectivity index (χ2n) is 6.39. The van der Waals surface area contributed by atoms with E-state index in [4.69, 9.17) is 4.42 Å². The van der Waals surface area contributed by atoms with Gasteiger partial charge in [-0.15, -0.1) is 10.2 Å². The zero-order valence-corrected chi connectivity index (χ0v) is 13.7. The largest absolute Gasteiger partial charge is 0.420 e. The summed E-state index contributed by atoms with van der Waals surface area (Å²) in [6, 6.07) is 12.6. The molecule has 5 heteroatoms. The lowest BCUT2D eigenvalue weighted by molar-refractivity contribution is 0.320. The first-order valence-electron chi connectivity index (χ1n) is 8.29. The van der Waals surface area contributed by atoms with E-state index in [0.717, 1.165) is 37.5 Å². The highest BCUT2D eigenvalue weighted by Gasteiger charge is 2.28. The lowest BCUT2D eigenvalue weighted by atomic mass is 10.1. The molecule has 0 N–H and O–H groups in total. The maximum absolute atomic E-state index is 5.88. The number of aryl methyl sites for hydroxylation is 1. The molecular formula is C19H20N4O. The number of pyridine rings is 1. The van der Waals surface area contributed by atoms with Crippen molar-refractivity contribution in [3.05, 3.63) is 65.8 Å². The van der Waals surface area contributed by atoms with E-state index >= 15 is 0 Å². The smallest absolute Gasteiger partial charge is 0.249 e. The van der Waals surface area contributed by atoms with E-state index in [2.05, 4.69) is 51.3 Å².